The number of carbonyl (C=O) groups is 1. The molecule has 0 saturated carbocycles. The van der Waals surface area contributed by atoms with Crippen LogP contribution in [0.4, 0.5) is 0 Å². The van der Waals surface area contributed by atoms with Gasteiger partial charge in [0.05, 0.1) is 30.5 Å². The van der Waals surface area contributed by atoms with Crippen LogP contribution in [0.1, 0.15) is 19.0 Å². The molecule has 1 aromatic heterocycles. The molecule has 1 aliphatic heterocycles. The van der Waals surface area contributed by atoms with E-state index in [0.717, 1.165) is 17.9 Å². The molecule has 0 spiro atoms. The Labute approximate surface area is 160 Å². The summed E-state index contributed by atoms with van der Waals surface area (Å²) in [6.45, 7) is 1.91. The van der Waals surface area contributed by atoms with E-state index in [2.05, 4.69) is 0 Å². The summed E-state index contributed by atoms with van der Waals surface area (Å²) in [5.74, 6) is 1.24. The topological polar surface area (TPSA) is 70.4 Å². The fourth-order valence-corrected chi connectivity index (χ4v) is 4.79. The fourth-order valence-electron chi connectivity index (χ4n) is 2.69. The second-order valence-electron chi connectivity index (χ2n) is 5.65. The van der Waals surface area contributed by atoms with Crippen molar-refractivity contribution in [1.29, 1.82) is 0 Å². The van der Waals surface area contributed by atoms with Gasteiger partial charge in [0.25, 0.3) is 5.56 Å². The first-order chi connectivity index (χ1) is 12.6. The van der Waals surface area contributed by atoms with E-state index in [9.17, 15) is 9.59 Å². The summed E-state index contributed by atoms with van der Waals surface area (Å²) in [7, 11) is 2.97. The van der Waals surface area contributed by atoms with Crippen molar-refractivity contribution in [1.82, 2.24) is 9.55 Å². The summed E-state index contributed by atoms with van der Waals surface area (Å²) in [5.41, 5.74) is 1.41. The number of aromatic nitrogens is 2. The van der Waals surface area contributed by atoms with Crippen LogP contribution in [0.3, 0.4) is 0 Å². The molecule has 2 heterocycles. The SMILES string of the molecule is CCC(Sc1nc2c(c(=O)n1-c1ccc(OC)cc1)SCC2)C(=O)OC. The lowest BCUT2D eigenvalue weighted by Crippen LogP contribution is -2.26. The quantitative estimate of drug-likeness (QED) is 0.425. The number of thioether (sulfide) groups is 2. The van der Waals surface area contributed by atoms with E-state index < -0.39 is 5.25 Å². The van der Waals surface area contributed by atoms with Gasteiger partial charge in [-0.25, -0.2) is 4.98 Å². The number of aryl methyl sites for hydroxylation is 1. The van der Waals surface area contributed by atoms with Crippen molar-refractivity contribution in [2.45, 2.75) is 35.1 Å². The molecule has 3 rings (SSSR count). The number of hydrogen-bond acceptors (Lipinski definition) is 7. The average Bonchev–Trinajstić information content (AvgIpc) is 3.14. The zero-order chi connectivity index (χ0) is 18.7. The largest absolute Gasteiger partial charge is 0.497 e. The molecule has 0 saturated heterocycles. The normalized spacial score (nSPS) is 14.0. The Hall–Kier alpha value is -1.93. The Morgan fingerprint density at radius 2 is 2.08 bits per heavy atom. The summed E-state index contributed by atoms with van der Waals surface area (Å²) in [6.07, 6.45) is 1.35. The predicted octanol–water partition coefficient (Wildman–Crippen LogP) is 2.93. The van der Waals surface area contributed by atoms with Crippen LogP contribution >= 0.6 is 23.5 Å². The molecule has 1 unspecified atom stereocenters. The minimum Gasteiger partial charge on any atom is -0.497 e. The van der Waals surface area contributed by atoms with E-state index >= 15 is 0 Å². The minimum absolute atomic E-state index is 0.0927. The molecule has 2 aromatic rings. The number of ether oxygens (including phenoxy) is 2. The molecular formula is C18H20N2O4S2. The van der Waals surface area contributed by atoms with Crippen LogP contribution in [0.2, 0.25) is 0 Å². The number of hydrogen-bond donors (Lipinski definition) is 0. The molecule has 0 fully saturated rings. The van der Waals surface area contributed by atoms with Crippen LogP contribution in [-0.4, -0.2) is 40.7 Å². The van der Waals surface area contributed by atoms with E-state index in [4.69, 9.17) is 14.5 Å². The average molecular weight is 393 g/mol. The molecule has 1 atom stereocenters. The molecule has 0 N–H and O–H groups in total. The maximum atomic E-state index is 13.1. The molecule has 0 aliphatic carbocycles. The summed E-state index contributed by atoms with van der Waals surface area (Å²) < 4.78 is 11.6. The smallest absolute Gasteiger partial charge is 0.319 e. The number of benzene rings is 1. The van der Waals surface area contributed by atoms with Crippen molar-refractivity contribution in [3.63, 3.8) is 0 Å². The van der Waals surface area contributed by atoms with Gasteiger partial charge in [0.2, 0.25) is 0 Å². The molecule has 0 amide bonds. The first-order valence-electron chi connectivity index (χ1n) is 8.26. The van der Waals surface area contributed by atoms with Crippen molar-refractivity contribution in [2.24, 2.45) is 0 Å². The first kappa shape index (κ1) is 18.8. The van der Waals surface area contributed by atoms with Gasteiger partial charge < -0.3 is 9.47 Å². The summed E-state index contributed by atoms with van der Waals surface area (Å²) in [6, 6.07) is 7.23. The zero-order valence-electron chi connectivity index (χ0n) is 14.9. The van der Waals surface area contributed by atoms with Crippen molar-refractivity contribution < 1.29 is 14.3 Å². The third-order valence-corrected chi connectivity index (χ3v) is 6.48. The highest BCUT2D eigenvalue weighted by Gasteiger charge is 2.26. The highest BCUT2D eigenvalue weighted by molar-refractivity contribution is 8.00. The lowest BCUT2D eigenvalue weighted by atomic mass is 10.3. The fraction of sp³-hybridized carbons (Fsp3) is 0.389. The molecular weight excluding hydrogens is 372 g/mol. The number of carbonyl (C=O) groups excluding carboxylic acids is 1. The van der Waals surface area contributed by atoms with Gasteiger partial charge in [-0.2, -0.15) is 0 Å². The standard InChI is InChI=1S/C18H20N2O4S2/c1-4-14(17(22)24-3)26-18-19-13-9-10-25-15(13)16(21)20(18)11-5-7-12(23-2)8-6-11/h5-8,14H,4,9-10H2,1-3H3. The minimum atomic E-state index is -0.413. The molecule has 26 heavy (non-hydrogen) atoms. The molecule has 0 bridgehead atoms. The van der Waals surface area contributed by atoms with Crippen LogP contribution in [0.5, 0.6) is 5.75 Å². The van der Waals surface area contributed by atoms with Crippen molar-refractivity contribution in [3.8, 4) is 11.4 Å². The van der Waals surface area contributed by atoms with Gasteiger partial charge in [-0.3, -0.25) is 14.2 Å². The van der Waals surface area contributed by atoms with E-state index in [-0.39, 0.29) is 11.5 Å². The highest BCUT2D eigenvalue weighted by atomic mass is 32.2. The van der Waals surface area contributed by atoms with E-state index in [0.29, 0.717) is 27.9 Å². The summed E-state index contributed by atoms with van der Waals surface area (Å²) in [5, 5.41) is 0.0992. The van der Waals surface area contributed by atoms with Gasteiger partial charge in [-0.15, -0.1) is 11.8 Å². The number of methoxy groups -OCH3 is 2. The monoisotopic (exact) mass is 392 g/mol. The van der Waals surface area contributed by atoms with Gasteiger partial charge >= 0.3 is 5.97 Å². The second-order valence-corrected chi connectivity index (χ2v) is 7.92. The van der Waals surface area contributed by atoms with Gasteiger partial charge in [-0.05, 0) is 30.7 Å². The van der Waals surface area contributed by atoms with Gasteiger partial charge in [-0.1, -0.05) is 18.7 Å². The van der Waals surface area contributed by atoms with Gasteiger partial charge in [0, 0.05) is 12.2 Å². The molecule has 8 heteroatoms. The van der Waals surface area contributed by atoms with Crippen LogP contribution in [-0.2, 0) is 16.0 Å². The van der Waals surface area contributed by atoms with E-state index in [1.54, 1.807) is 23.8 Å². The second kappa shape index (κ2) is 8.18. The van der Waals surface area contributed by atoms with Crippen LogP contribution < -0.4 is 10.3 Å². The van der Waals surface area contributed by atoms with Gasteiger partial charge in [0.15, 0.2) is 5.16 Å². The molecule has 138 valence electrons. The highest BCUT2D eigenvalue weighted by Crippen LogP contribution is 2.32. The van der Waals surface area contributed by atoms with Crippen LogP contribution in [0.25, 0.3) is 5.69 Å². The van der Waals surface area contributed by atoms with Crippen molar-refractivity contribution >= 4 is 29.5 Å². The van der Waals surface area contributed by atoms with E-state index in [1.807, 2.05) is 19.1 Å². The number of esters is 1. The summed E-state index contributed by atoms with van der Waals surface area (Å²) in [4.78, 5) is 30.5. The Bertz CT molecular complexity index is 865. The van der Waals surface area contributed by atoms with Crippen LogP contribution in [0.15, 0.2) is 39.1 Å². The Morgan fingerprint density at radius 1 is 1.35 bits per heavy atom. The number of rotatable bonds is 6. The molecule has 6 nitrogen and oxygen atoms in total. The van der Waals surface area contributed by atoms with E-state index in [1.165, 1.54) is 30.6 Å². The summed E-state index contributed by atoms with van der Waals surface area (Å²) >= 11 is 2.80. The maximum absolute atomic E-state index is 13.1. The van der Waals surface area contributed by atoms with Crippen molar-refractivity contribution in [3.05, 3.63) is 40.3 Å². The lowest BCUT2D eigenvalue weighted by Gasteiger charge is -2.17. The molecule has 1 aliphatic rings. The number of fused-ring (bicyclic) bond motifs is 1. The predicted molar refractivity (Wildman–Crippen MR) is 103 cm³/mol. The maximum Gasteiger partial charge on any atom is 0.319 e. The zero-order valence-corrected chi connectivity index (χ0v) is 16.5. The third-order valence-electron chi connectivity index (χ3n) is 4.08. The Morgan fingerprint density at radius 3 is 2.69 bits per heavy atom. The third kappa shape index (κ3) is 3.61. The molecule has 1 aromatic carbocycles. The van der Waals surface area contributed by atoms with Gasteiger partial charge in [0.1, 0.15) is 11.0 Å². The van der Waals surface area contributed by atoms with Crippen molar-refractivity contribution in [2.75, 3.05) is 20.0 Å². The Kier molecular flexibility index (Phi) is 5.93. The lowest BCUT2D eigenvalue weighted by molar-refractivity contribution is -0.140. The Balaban J connectivity index is 2.11. The van der Waals surface area contributed by atoms with Crippen LogP contribution in [0, 0.1) is 0 Å². The first-order valence-corrected chi connectivity index (χ1v) is 10.1. The number of nitrogens with zero attached hydrogens (tertiary/aromatic N) is 2. The molecule has 0 radical (unpaired) electrons.